The van der Waals surface area contributed by atoms with Crippen molar-refractivity contribution in [2.75, 3.05) is 13.2 Å². The first kappa shape index (κ1) is 12.6. The Hall–Kier alpha value is -0.890. The molecule has 0 aromatic carbocycles. The van der Waals surface area contributed by atoms with Crippen molar-refractivity contribution in [2.24, 2.45) is 5.41 Å². The van der Waals surface area contributed by atoms with E-state index in [-0.39, 0.29) is 0 Å². The minimum atomic E-state index is -1.14. The summed E-state index contributed by atoms with van der Waals surface area (Å²) in [6, 6.07) is 6.18. The minimum absolute atomic E-state index is 0.313. The lowest BCUT2D eigenvalue weighted by molar-refractivity contribution is -0.111. The fraction of sp³-hybridized carbons (Fsp3) is 0.615. The van der Waals surface area contributed by atoms with E-state index in [1.54, 1.807) is 18.3 Å². The van der Waals surface area contributed by atoms with Gasteiger partial charge in [0, 0.05) is 16.4 Å². The van der Waals surface area contributed by atoms with Crippen LogP contribution in [0.5, 0.6) is 0 Å². The van der Waals surface area contributed by atoms with Crippen LogP contribution in [0.4, 0.5) is 0 Å². The number of nitrogens with zero attached hydrogens (tertiary/aromatic N) is 1. The van der Waals surface area contributed by atoms with Crippen LogP contribution < -0.4 is 0 Å². The third-order valence-corrected chi connectivity index (χ3v) is 4.82. The number of ether oxygens (including phenoxy) is 1. The molecule has 1 aliphatic rings. The van der Waals surface area contributed by atoms with Gasteiger partial charge in [0.1, 0.15) is 11.0 Å². The third-order valence-electron chi connectivity index (χ3n) is 3.61. The van der Waals surface area contributed by atoms with Gasteiger partial charge in [-0.3, -0.25) is 0 Å². The molecule has 2 atom stereocenters. The van der Waals surface area contributed by atoms with Crippen molar-refractivity contribution in [2.45, 2.75) is 32.3 Å². The first-order chi connectivity index (χ1) is 8.02. The highest BCUT2D eigenvalue weighted by Gasteiger charge is 2.50. The second-order valence-electron chi connectivity index (χ2n) is 4.83. The first-order valence-electron chi connectivity index (χ1n) is 5.80. The quantitative estimate of drug-likeness (QED) is 0.879. The number of aryl methyl sites for hydroxylation is 1. The van der Waals surface area contributed by atoms with Crippen molar-refractivity contribution in [1.29, 1.82) is 5.26 Å². The highest BCUT2D eigenvalue weighted by Crippen LogP contribution is 2.46. The average Bonchev–Trinajstić information content (AvgIpc) is 2.77. The van der Waals surface area contributed by atoms with Crippen molar-refractivity contribution in [1.82, 2.24) is 0 Å². The molecule has 0 aliphatic carbocycles. The molecule has 1 N–H and O–H groups in total. The van der Waals surface area contributed by atoms with Crippen LogP contribution in [-0.4, -0.2) is 18.3 Å². The van der Waals surface area contributed by atoms with Crippen molar-refractivity contribution in [3.05, 3.63) is 21.9 Å². The SMILES string of the molecule is Cc1ccc(C(C)(O)C2(C#N)CCCOC2)s1. The molecule has 2 unspecified atom stereocenters. The van der Waals surface area contributed by atoms with Crippen LogP contribution >= 0.6 is 11.3 Å². The molecule has 0 radical (unpaired) electrons. The summed E-state index contributed by atoms with van der Waals surface area (Å²) in [4.78, 5) is 1.99. The minimum Gasteiger partial charge on any atom is -0.383 e. The van der Waals surface area contributed by atoms with Gasteiger partial charge in [-0.15, -0.1) is 11.3 Å². The van der Waals surface area contributed by atoms with E-state index in [9.17, 15) is 10.4 Å². The highest BCUT2D eigenvalue weighted by molar-refractivity contribution is 7.12. The molecule has 0 amide bonds. The number of rotatable bonds is 2. The highest BCUT2D eigenvalue weighted by atomic mass is 32.1. The summed E-state index contributed by atoms with van der Waals surface area (Å²) in [6.07, 6.45) is 1.52. The number of hydrogen-bond acceptors (Lipinski definition) is 4. The molecule has 3 nitrogen and oxygen atoms in total. The number of hydrogen-bond donors (Lipinski definition) is 1. The Morgan fingerprint density at radius 1 is 1.59 bits per heavy atom. The van der Waals surface area contributed by atoms with Crippen LogP contribution in [0.25, 0.3) is 0 Å². The van der Waals surface area contributed by atoms with Crippen LogP contribution in [0.3, 0.4) is 0 Å². The standard InChI is InChI=1S/C13H17NO2S/c1-10-4-5-11(17-10)12(2,15)13(8-14)6-3-7-16-9-13/h4-5,15H,3,6-7,9H2,1-2H3. The van der Waals surface area contributed by atoms with Gasteiger partial charge in [0.25, 0.3) is 0 Å². The molecule has 4 heteroatoms. The van der Waals surface area contributed by atoms with E-state index in [4.69, 9.17) is 4.74 Å². The van der Waals surface area contributed by atoms with Crippen molar-refractivity contribution < 1.29 is 9.84 Å². The fourth-order valence-electron chi connectivity index (χ4n) is 2.31. The Morgan fingerprint density at radius 2 is 2.35 bits per heavy atom. The zero-order valence-corrected chi connectivity index (χ0v) is 11.0. The van der Waals surface area contributed by atoms with Gasteiger partial charge in [-0.05, 0) is 38.8 Å². The molecular weight excluding hydrogens is 234 g/mol. The van der Waals surface area contributed by atoms with Crippen LogP contribution in [-0.2, 0) is 10.3 Å². The smallest absolute Gasteiger partial charge is 0.117 e. The van der Waals surface area contributed by atoms with Crippen LogP contribution in [0, 0.1) is 23.7 Å². The molecular formula is C13H17NO2S. The molecule has 2 rings (SSSR count). The lowest BCUT2D eigenvalue weighted by Gasteiger charge is -2.41. The van der Waals surface area contributed by atoms with Gasteiger partial charge in [0.15, 0.2) is 0 Å². The molecule has 17 heavy (non-hydrogen) atoms. The summed E-state index contributed by atoms with van der Waals surface area (Å²) in [6.45, 7) is 4.73. The third kappa shape index (κ3) is 1.99. The molecule has 1 aliphatic heterocycles. The normalized spacial score (nSPS) is 28.4. The van der Waals surface area contributed by atoms with Crippen LogP contribution in [0.2, 0.25) is 0 Å². The van der Waals surface area contributed by atoms with E-state index >= 15 is 0 Å². The predicted molar refractivity (Wildman–Crippen MR) is 66.7 cm³/mol. The molecule has 1 aromatic heterocycles. The average molecular weight is 251 g/mol. The summed E-state index contributed by atoms with van der Waals surface area (Å²) in [5.41, 5.74) is -1.95. The Balaban J connectivity index is 2.38. The topological polar surface area (TPSA) is 53.2 Å². The van der Waals surface area contributed by atoms with Gasteiger partial charge in [0.05, 0.1) is 12.7 Å². The van der Waals surface area contributed by atoms with Crippen molar-refractivity contribution in [3.8, 4) is 6.07 Å². The maximum absolute atomic E-state index is 10.8. The van der Waals surface area contributed by atoms with E-state index in [2.05, 4.69) is 6.07 Å². The van der Waals surface area contributed by atoms with Gasteiger partial charge in [-0.25, -0.2) is 0 Å². The molecule has 1 saturated heterocycles. The summed E-state index contributed by atoms with van der Waals surface area (Å²) < 4.78 is 5.41. The molecule has 1 aromatic rings. The lowest BCUT2D eigenvalue weighted by Crippen LogP contribution is -2.47. The van der Waals surface area contributed by atoms with Gasteiger partial charge in [-0.1, -0.05) is 0 Å². The summed E-state index contributed by atoms with van der Waals surface area (Å²) in [7, 11) is 0. The zero-order chi connectivity index (χ0) is 12.5. The van der Waals surface area contributed by atoms with E-state index in [1.165, 1.54) is 0 Å². The van der Waals surface area contributed by atoms with Crippen LogP contribution in [0.15, 0.2) is 12.1 Å². The molecule has 0 saturated carbocycles. The molecule has 0 bridgehead atoms. The van der Waals surface area contributed by atoms with E-state index in [0.717, 1.165) is 16.2 Å². The fourth-order valence-corrected chi connectivity index (χ4v) is 3.32. The second kappa shape index (κ2) is 4.41. The van der Waals surface area contributed by atoms with E-state index in [0.29, 0.717) is 19.6 Å². The molecule has 1 fully saturated rings. The van der Waals surface area contributed by atoms with Gasteiger partial charge >= 0.3 is 0 Å². The van der Waals surface area contributed by atoms with Gasteiger partial charge in [-0.2, -0.15) is 5.26 Å². The Labute approximate surface area is 106 Å². The number of thiophene rings is 1. The molecule has 2 heterocycles. The van der Waals surface area contributed by atoms with E-state index in [1.807, 2.05) is 19.1 Å². The Kier molecular flexibility index (Phi) is 3.26. The van der Waals surface area contributed by atoms with Gasteiger partial charge in [0.2, 0.25) is 0 Å². The Morgan fingerprint density at radius 3 is 2.82 bits per heavy atom. The largest absolute Gasteiger partial charge is 0.383 e. The summed E-state index contributed by atoms with van der Waals surface area (Å²) >= 11 is 1.55. The molecule has 92 valence electrons. The maximum atomic E-state index is 10.8. The van der Waals surface area contributed by atoms with Crippen molar-refractivity contribution >= 4 is 11.3 Å². The van der Waals surface area contributed by atoms with Crippen molar-refractivity contribution in [3.63, 3.8) is 0 Å². The molecule has 0 spiro atoms. The van der Waals surface area contributed by atoms with Crippen LogP contribution in [0.1, 0.15) is 29.5 Å². The Bertz CT molecular complexity index is 439. The predicted octanol–water partition coefficient (Wildman–Crippen LogP) is 2.58. The monoisotopic (exact) mass is 251 g/mol. The lowest BCUT2D eigenvalue weighted by atomic mass is 9.69. The summed E-state index contributed by atoms with van der Waals surface area (Å²) in [5, 5.41) is 20.2. The van der Waals surface area contributed by atoms with Gasteiger partial charge < -0.3 is 9.84 Å². The number of aliphatic hydroxyl groups is 1. The van der Waals surface area contributed by atoms with E-state index < -0.39 is 11.0 Å². The zero-order valence-electron chi connectivity index (χ0n) is 10.2. The maximum Gasteiger partial charge on any atom is 0.117 e. The first-order valence-corrected chi connectivity index (χ1v) is 6.62. The second-order valence-corrected chi connectivity index (χ2v) is 6.12. The summed E-state index contributed by atoms with van der Waals surface area (Å²) in [5.74, 6) is 0. The number of nitriles is 1.